The molecule has 0 unspecified atom stereocenters. The Labute approximate surface area is 116 Å². The van der Waals surface area contributed by atoms with Crippen LogP contribution in [0.25, 0.3) is 0 Å². The molecular formula is C13H21F3N2O2. The molecule has 2 rings (SSSR count). The van der Waals surface area contributed by atoms with Crippen LogP contribution < -0.4 is 5.32 Å². The lowest BCUT2D eigenvalue weighted by atomic mass is 9.86. The van der Waals surface area contributed by atoms with Gasteiger partial charge in [-0.3, -0.25) is 9.69 Å². The van der Waals surface area contributed by atoms with Crippen LogP contribution in [0, 0.1) is 11.8 Å². The van der Waals surface area contributed by atoms with Crippen molar-refractivity contribution in [1.82, 2.24) is 10.2 Å². The largest absolute Gasteiger partial charge is 0.401 e. The van der Waals surface area contributed by atoms with Crippen molar-refractivity contribution in [1.29, 1.82) is 0 Å². The number of aliphatic hydroxyl groups excluding tert-OH is 1. The normalized spacial score (nSPS) is 29.0. The topological polar surface area (TPSA) is 52.6 Å². The number of alkyl halides is 3. The van der Waals surface area contributed by atoms with Gasteiger partial charge in [-0.05, 0) is 12.8 Å². The minimum atomic E-state index is -4.20. The number of carbonyl (C=O) groups excluding carboxylic acids is 1. The van der Waals surface area contributed by atoms with Gasteiger partial charge >= 0.3 is 6.18 Å². The van der Waals surface area contributed by atoms with Gasteiger partial charge in [0.05, 0.1) is 18.6 Å². The summed E-state index contributed by atoms with van der Waals surface area (Å²) in [4.78, 5) is 13.0. The summed E-state index contributed by atoms with van der Waals surface area (Å²) in [6.07, 6.45) is -0.836. The molecule has 0 aromatic rings. The fourth-order valence-electron chi connectivity index (χ4n) is 2.92. The van der Waals surface area contributed by atoms with E-state index in [9.17, 15) is 23.1 Å². The maximum atomic E-state index is 12.1. The second kappa shape index (κ2) is 6.30. The molecule has 1 heterocycles. The zero-order valence-electron chi connectivity index (χ0n) is 11.3. The zero-order chi connectivity index (χ0) is 14.8. The third-order valence-corrected chi connectivity index (χ3v) is 4.14. The van der Waals surface area contributed by atoms with Crippen LogP contribution in [-0.2, 0) is 4.79 Å². The molecule has 1 saturated heterocycles. The smallest absolute Gasteiger partial charge is 0.393 e. The van der Waals surface area contributed by atoms with Gasteiger partial charge in [0.25, 0.3) is 0 Å². The zero-order valence-corrected chi connectivity index (χ0v) is 11.3. The van der Waals surface area contributed by atoms with Gasteiger partial charge in [-0.25, -0.2) is 0 Å². The Hall–Kier alpha value is -0.820. The lowest BCUT2D eigenvalue weighted by Crippen LogP contribution is -2.56. The number of aliphatic hydroxyl groups is 1. The average Bonchev–Trinajstić information content (AvgIpc) is 2.31. The molecule has 2 atom stereocenters. The molecule has 7 heteroatoms. The first kappa shape index (κ1) is 15.6. The van der Waals surface area contributed by atoms with Gasteiger partial charge in [0.15, 0.2) is 0 Å². The summed E-state index contributed by atoms with van der Waals surface area (Å²) in [6, 6.07) is 0. The van der Waals surface area contributed by atoms with E-state index < -0.39 is 12.7 Å². The van der Waals surface area contributed by atoms with Crippen LogP contribution in [0.4, 0.5) is 13.2 Å². The lowest BCUT2D eigenvalue weighted by Gasteiger charge is -2.38. The Kier molecular flexibility index (Phi) is 4.90. The molecule has 0 aromatic heterocycles. The van der Waals surface area contributed by atoms with E-state index in [4.69, 9.17) is 0 Å². The summed E-state index contributed by atoms with van der Waals surface area (Å²) >= 11 is 0. The minimum Gasteiger partial charge on any atom is -0.393 e. The summed E-state index contributed by atoms with van der Waals surface area (Å²) in [5.41, 5.74) is 0. The monoisotopic (exact) mass is 294 g/mol. The van der Waals surface area contributed by atoms with Crippen molar-refractivity contribution in [2.75, 3.05) is 26.2 Å². The Balaban J connectivity index is 1.64. The van der Waals surface area contributed by atoms with E-state index >= 15 is 0 Å². The highest BCUT2D eigenvalue weighted by atomic mass is 19.4. The summed E-state index contributed by atoms with van der Waals surface area (Å²) in [5, 5.41) is 12.5. The van der Waals surface area contributed by atoms with Crippen LogP contribution in [0.3, 0.4) is 0 Å². The summed E-state index contributed by atoms with van der Waals surface area (Å²) in [7, 11) is 0. The molecule has 0 spiro atoms. The molecule has 4 nitrogen and oxygen atoms in total. The number of rotatable bonds is 4. The highest BCUT2D eigenvalue weighted by Crippen LogP contribution is 2.25. The maximum absolute atomic E-state index is 12.1. The second-order valence-corrected chi connectivity index (χ2v) is 5.86. The molecule has 20 heavy (non-hydrogen) atoms. The Bertz CT molecular complexity index is 343. The molecule has 1 amide bonds. The molecule has 1 saturated carbocycles. The molecule has 2 fully saturated rings. The third kappa shape index (κ3) is 4.34. The van der Waals surface area contributed by atoms with E-state index in [0.717, 1.165) is 25.7 Å². The van der Waals surface area contributed by atoms with Gasteiger partial charge in [0, 0.05) is 25.6 Å². The van der Waals surface area contributed by atoms with E-state index in [1.807, 2.05) is 0 Å². The lowest BCUT2D eigenvalue weighted by molar-refractivity contribution is -0.163. The number of halogens is 3. The maximum Gasteiger partial charge on any atom is 0.401 e. The van der Waals surface area contributed by atoms with E-state index in [2.05, 4.69) is 5.32 Å². The summed E-state index contributed by atoms with van der Waals surface area (Å²) in [5.74, 6) is -0.460. The highest BCUT2D eigenvalue weighted by molar-refractivity contribution is 5.80. The van der Waals surface area contributed by atoms with E-state index in [1.165, 1.54) is 4.90 Å². The van der Waals surface area contributed by atoms with Crippen LogP contribution in [0.1, 0.15) is 25.7 Å². The molecule has 1 aliphatic carbocycles. The van der Waals surface area contributed by atoms with Gasteiger partial charge in [0.1, 0.15) is 0 Å². The van der Waals surface area contributed by atoms with Crippen molar-refractivity contribution >= 4 is 5.91 Å². The van der Waals surface area contributed by atoms with Crippen LogP contribution in [-0.4, -0.2) is 54.4 Å². The van der Waals surface area contributed by atoms with Crippen molar-refractivity contribution < 1.29 is 23.1 Å². The van der Waals surface area contributed by atoms with Crippen LogP contribution >= 0.6 is 0 Å². The van der Waals surface area contributed by atoms with Gasteiger partial charge in [0.2, 0.25) is 5.91 Å². The van der Waals surface area contributed by atoms with E-state index in [1.54, 1.807) is 0 Å². The predicted octanol–water partition coefficient (Wildman–Crippen LogP) is 1.15. The van der Waals surface area contributed by atoms with Crippen LogP contribution in [0.5, 0.6) is 0 Å². The van der Waals surface area contributed by atoms with Gasteiger partial charge in [-0.2, -0.15) is 13.2 Å². The van der Waals surface area contributed by atoms with Gasteiger partial charge < -0.3 is 10.4 Å². The summed E-state index contributed by atoms with van der Waals surface area (Å²) < 4.78 is 36.4. The predicted molar refractivity (Wildman–Crippen MR) is 67.0 cm³/mol. The van der Waals surface area contributed by atoms with Crippen molar-refractivity contribution in [3.05, 3.63) is 0 Å². The molecular weight excluding hydrogens is 273 g/mol. The fraction of sp³-hybridized carbons (Fsp3) is 0.923. The minimum absolute atomic E-state index is 0.0825. The first-order valence-corrected chi connectivity index (χ1v) is 7.10. The number of carbonyl (C=O) groups is 1. The number of nitrogens with zero attached hydrogens (tertiary/aromatic N) is 1. The SMILES string of the molecule is O=C(NC[C@H]1CCCC[C@H]1O)C1CN(CC(F)(F)F)C1. The quantitative estimate of drug-likeness (QED) is 0.818. The van der Waals surface area contributed by atoms with E-state index in [-0.39, 0.29) is 36.9 Å². The summed E-state index contributed by atoms with van der Waals surface area (Å²) in [6.45, 7) is -0.189. The Morgan fingerprint density at radius 2 is 1.90 bits per heavy atom. The Morgan fingerprint density at radius 1 is 1.25 bits per heavy atom. The van der Waals surface area contributed by atoms with Gasteiger partial charge in [-0.1, -0.05) is 12.8 Å². The first-order valence-electron chi connectivity index (χ1n) is 7.10. The first-order chi connectivity index (χ1) is 9.35. The number of nitrogens with one attached hydrogen (secondary N) is 1. The molecule has 2 aliphatic rings. The highest BCUT2D eigenvalue weighted by Gasteiger charge is 2.39. The molecule has 2 N–H and O–H groups in total. The van der Waals surface area contributed by atoms with Crippen molar-refractivity contribution in [3.8, 4) is 0 Å². The Morgan fingerprint density at radius 3 is 2.50 bits per heavy atom. The standard InChI is InChI=1S/C13H21F3N2O2/c14-13(15,16)8-18-6-10(7-18)12(20)17-5-9-3-1-2-4-11(9)19/h9-11,19H,1-8H2,(H,17,20)/t9-,11-/m1/s1. The number of amides is 1. The molecule has 1 aliphatic heterocycles. The fourth-order valence-corrected chi connectivity index (χ4v) is 2.92. The van der Waals surface area contributed by atoms with Crippen molar-refractivity contribution in [2.45, 2.75) is 38.0 Å². The number of likely N-dealkylation sites (tertiary alicyclic amines) is 1. The van der Waals surface area contributed by atoms with Crippen molar-refractivity contribution in [2.24, 2.45) is 11.8 Å². The number of hydrogen-bond donors (Lipinski definition) is 2. The van der Waals surface area contributed by atoms with E-state index in [0.29, 0.717) is 6.54 Å². The molecule has 116 valence electrons. The van der Waals surface area contributed by atoms with Crippen LogP contribution in [0.2, 0.25) is 0 Å². The molecule has 0 bridgehead atoms. The molecule has 0 radical (unpaired) electrons. The van der Waals surface area contributed by atoms with Crippen molar-refractivity contribution in [3.63, 3.8) is 0 Å². The van der Waals surface area contributed by atoms with Crippen LogP contribution in [0.15, 0.2) is 0 Å². The number of hydrogen-bond acceptors (Lipinski definition) is 3. The molecule has 0 aromatic carbocycles. The third-order valence-electron chi connectivity index (χ3n) is 4.14. The average molecular weight is 294 g/mol. The van der Waals surface area contributed by atoms with Gasteiger partial charge in [-0.15, -0.1) is 0 Å². The second-order valence-electron chi connectivity index (χ2n) is 5.86.